The second-order valence-electron chi connectivity index (χ2n) is 5.84. The molecule has 1 N–H and O–H groups in total. The molecule has 4 nitrogen and oxygen atoms in total. The topological polar surface area (TPSA) is 63.2 Å². The summed E-state index contributed by atoms with van der Waals surface area (Å²) in [7, 11) is -3.21. The molecule has 0 aliphatic rings. The zero-order valence-corrected chi connectivity index (χ0v) is 14.6. The first-order valence-corrected chi connectivity index (χ1v) is 9.26. The molecule has 2 aromatic carbocycles. The first kappa shape index (κ1) is 17.2. The number of nitrogens with one attached hydrogen (secondary N) is 1. The van der Waals surface area contributed by atoms with E-state index >= 15 is 0 Å². The summed E-state index contributed by atoms with van der Waals surface area (Å²) in [6, 6.07) is 11.9. The van der Waals surface area contributed by atoms with Crippen molar-refractivity contribution in [3.05, 3.63) is 64.7 Å². The van der Waals surface area contributed by atoms with Crippen molar-refractivity contribution in [1.82, 2.24) is 5.32 Å². The Kier molecular flexibility index (Phi) is 4.90. The minimum absolute atomic E-state index is 0.146. The molecular formula is C18H21NO3S. The third-order valence-electron chi connectivity index (χ3n) is 3.92. The highest BCUT2D eigenvalue weighted by Gasteiger charge is 2.13. The van der Waals surface area contributed by atoms with Crippen molar-refractivity contribution in [2.45, 2.75) is 31.7 Å². The predicted octanol–water partition coefficient (Wildman–Crippen LogP) is 3.20. The van der Waals surface area contributed by atoms with Crippen LogP contribution in [-0.2, 0) is 9.84 Å². The Morgan fingerprint density at radius 1 is 1.00 bits per heavy atom. The summed E-state index contributed by atoms with van der Waals surface area (Å²) in [6.07, 6.45) is 1.17. The summed E-state index contributed by atoms with van der Waals surface area (Å²) in [5.74, 6) is -0.146. The van der Waals surface area contributed by atoms with Crippen molar-refractivity contribution in [1.29, 1.82) is 0 Å². The third kappa shape index (κ3) is 4.20. The van der Waals surface area contributed by atoms with Gasteiger partial charge in [0.15, 0.2) is 9.84 Å². The van der Waals surface area contributed by atoms with Gasteiger partial charge in [-0.05, 0) is 61.7 Å². The molecule has 1 unspecified atom stereocenters. The van der Waals surface area contributed by atoms with Crippen molar-refractivity contribution < 1.29 is 13.2 Å². The fraction of sp³-hybridized carbons (Fsp3) is 0.278. The molecule has 1 atom stereocenters. The molecule has 0 fully saturated rings. The van der Waals surface area contributed by atoms with E-state index in [4.69, 9.17) is 0 Å². The molecular weight excluding hydrogens is 310 g/mol. The smallest absolute Gasteiger partial charge is 0.251 e. The molecule has 0 aliphatic heterocycles. The molecule has 0 bridgehead atoms. The van der Waals surface area contributed by atoms with Crippen LogP contribution in [-0.4, -0.2) is 20.6 Å². The highest BCUT2D eigenvalue weighted by molar-refractivity contribution is 7.90. The SMILES string of the molecule is Cc1ccc(C(=O)NC(C)c2ccc(S(C)(=O)=O)cc2)cc1C. The Hall–Kier alpha value is -2.14. The molecule has 0 saturated heterocycles. The molecule has 0 radical (unpaired) electrons. The molecule has 0 heterocycles. The molecule has 0 aromatic heterocycles. The van der Waals surface area contributed by atoms with Gasteiger partial charge in [-0.2, -0.15) is 0 Å². The monoisotopic (exact) mass is 331 g/mol. The van der Waals surface area contributed by atoms with E-state index in [2.05, 4.69) is 5.32 Å². The summed E-state index contributed by atoms with van der Waals surface area (Å²) >= 11 is 0. The van der Waals surface area contributed by atoms with Gasteiger partial charge in [0.25, 0.3) is 5.91 Å². The molecule has 1 amide bonds. The van der Waals surface area contributed by atoms with Crippen LogP contribution in [0.4, 0.5) is 0 Å². The summed E-state index contributed by atoms with van der Waals surface area (Å²) in [6.45, 7) is 5.84. The lowest BCUT2D eigenvalue weighted by molar-refractivity contribution is 0.0939. The fourth-order valence-electron chi connectivity index (χ4n) is 2.25. The quantitative estimate of drug-likeness (QED) is 0.936. The first-order valence-electron chi connectivity index (χ1n) is 7.36. The van der Waals surface area contributed by atoms with Crippen LogP contribution in [0.3, 0.4) is 0 Å². The number of hydrogen-bond acceptors (Lipinski definition) is 3. The van der Waals surface area contributed by atoms with Gasteiger partial charge in [0.05, 0.1) is 10.9 Å². The van der Waals surface area contributed by atoms with E-state index in [0.29, 0.717) is 5.56 Å². The summed E-state index contributed by atoms with van der Waals surface area (Å²) in [5.41, 5.74) is 3.69. The van der Waals surface area contributed by atoms with Crippen LogP contribution in [0.5, 0.6) is 0 Å². The van der Waals surface area contributed by atoms with Crippen LogP contribution in [0.2, 0.25) is 0 Å². The van der Waals surface area contributed by atoms with Gasteiger partial charge in [-0.25, -0.2) is 8.42 Å². The van der Waals surface area contributed by atoms with E-state index in [-0.39, 0.29) is 16.8 Å². The van der Waals surface area contributed by atoms with E-state index in [1.54, 1.807) is 30.3 Å². The largest absolute Gasteiger partial charge is 0.346 e. The highest BCUT2D eigenvalue weighted by atomic mass is 32.2. The number of aryl methyl sites for hydroxylation is 2. The summed E-state index contributed by atoms with van der Waals surface area (Å²) < 4.78 is 22.9. The van der Waals surface area contributed by atoms with Crippen molar-refractivity contribution in [3.8, 4) is 0 Å². The molecule has 5 heteroatoms. The van der Waals surface area contributed by atoms with Crippen molar-refractivity contribution >= 4 is 15.7 Å². The van der Waals surface area contributed by atoms with Crippen molar-refractivity contribution in [3.63, 3.8) is 0 Å². The fourth-order valence-corrected chi connectivity index (χ4v) is 2.88. The number of carbonyl (C=O) groups is 1. The minimum Gasteiger partial charge on any atom is -0.346 e. The van der Waals surface area contributed by atoms with Gasteiger partial charge in [0.1, 0.15) is 0 Å². The van der Waals surface area contributed by atoms with Gasteiger partial charge < -0.3 is 5.32 Å². The molecule has 2 aromatic rings. The van der Waals surface area contributed by atoms with Gasteiger partial charge in [-0.15, -0.1) is 0 Å². The van der Waals surface area contributed by atoms with Crippen LogP contribution in [0.1, 0.15) is 40.0 Å². The summed E-state index contributed by atoms with van der Waals surface area (Å²) in [5, 5.41) is 2.93. The van der Waals surface area contributed by atoms with Crippen LogP contribution in [0.15, 0.2) is 47.4 Å². The Morgan fingerprint density at radius 2 is 1.61 bits per heavy atom. The molecule has 0 aliphatic carbocycles. The number of amides is 1. The average Bonchev–Trinajstić information content (AvgIpc) is 2.49. The standard InChI is InChI=1S/C18H21NO3S/c1-12-5-6-16(11-13(12)2)18(20)19-14(3)15-7-9-17(10-8-15)23(4,21)22/h5-11,14H,1-4H3,(H,19,20). The minimum atomic E-state index is -3.21. The maximum atomic E-state index is 12.3. The van der Waals surface area contributed by atoms with E-state index < -0.39 is 9.84 Å². The van der Waals surface area contributed by atoms with E-state index in [0.717, 1.165) is 16.7 Å². The molecule has 23 heavy (non-hydrogen) atoms. The van der Waals surface area contributed by atoms with Gasteiger partial charge in [0.2, 0.25) is 0 Å². The predicted molar refractivity (Wildman–Crippen MR) is 91.3 cm³/mol. The number of benzene rings is 2. The molecule has 0 saturated carbocycles. The lowest BCUT2D eigenvalue weighted by Crippen LogP contribution is -2.26. The molecule has 2 rings (SSSR count). The van der Waals surface area contributed by atoms with Crippen molar-refractivity contribution in [2.75, 3.05) is 6.26 Å². The zero-order valence-electron chi connectivity index (χ0n) is 13.8. The van der Waals surface area contributed by atoms with E-state index in [9.17, 15) is 13.2 Å². The zero-order chi connectivity index (χ0) is 17.2. The van der Waals surface area contributed by atoms with Crippen LogP contribution in [0.25, 0.3) is 0 Å². The van der Waals surface area contributed by atoms with Gasteiger partial charge in [-0.3, -0.25) is 4.79 Å². The summed E-state index contributed by atoms with van der Waals surface area (Å²) in [4.78, 5) is 12.6. The number of sulfone groups is 1. The number of hydrogen-bond donors (Lipinski definition) is 1. The van der Waals surface area contributed by atoms with Gasteiger partial charge in [0, 0.05) is 11.8 Å². The van der Waals surface area contributed by atoms with Gasteiger partial charge >= 0.3 is 0 Å². The Morgan fingerprint density at radius 3 is 2.13 bits per heavy atom. The highest BCUT2D eigenvalue weighted by Crippen LogP contribution is 2.17. The van der Waals surface area contributed by atoms with Crippen molar-refractivity contribution in [2.24, 2.45) is 0 Å². The third-order valence-corrected chi connectivity index (χ3v) is 5.05. The number of carbonyl (C=O) groups excluding carboxylic acids is 1. The normalized spacial score (nSPS) is 12.7. The first-order chi connectivity index (χ1) is 10.7. The molecule has 0 spiro atoms. The number of rotatable bonds is 4. The lowest BCUT2D eigenvalue weighted by Gasteiger charge is -2.15. The van der Waals surface area contributed by atoms with Crippen LogP contribution < -0.4 is 5.32 Å². The lowest BCUT2D eigenvalue weighted by atomic mass is 10.0. The van der Waals surface area contributed by atoms with Crippen LogP contribution in [0, 0.1) is 13.8 Å². The Balaban J connectivity index is 2.13. The molecule has 122 valence electrons. The van der Waals surface area contributed by atoms with E-state index in [1.807, 2.05) is 32.9 Å². The average molecular weight is 331 g/mol. The maximum Gasteiger partial charge on any atom is 0.251 e. The Labute approximate surface area is 137 Å². The second-order valence-corrected chi connectivity index (χ2v) is 7.85. The van der Waals surface area contributed by atoms with E-state index in [1.165, 1.54) is 6.26 Å². The Bertz CT molecular complexity index is 824. The van der Waals surface area contributed by atoms with Crippen LogP contribution >= 0.6 is 0 Å². The van der Waals surface area contributed by atoms with Gasteiger partial charge in [-0.1, -0.05) is 18.2 Å². The second kappa shape index (κ2) is 6.54. The maximum absolute atomic E-state index is 12.3.